The second-order valence-electron chi connectivity index (χ2n) is 11.4. The van der Waals surface area contributed by atoms with E-state index in [1.54, 1.807) is 6.08 Å². The molecule has 1 aliphatic heterocycles. The number of rotatable bonds is 19. The van der Waals surface area contributed by atoms with Crippen LogP contribution in [0.5, 0.6) is 0 Å². The van der Waals surface area contributed by atoms with E-state index in [1.165, 1.54) is 0 Å². The summed E-state index contributed by atoms with van der Waals surface area (Å²) < 4.78 is 44.3. The van der Waals surface area contributed by atoms with Crippen LogP contribution in [0.3, 0.4) is 0 Å². The second kappa shape index (κ2) is 18.4. The Morgan fingerprint density at radius 1 is 0.702 bits per heavy atom. The van der Waals surface area contributed by atoms with E-state index in [0.717, 1.165) is 27.8 Å². The molecule has 47 heavy (non-hydrogen) atoms. The SMILES string of the molecule is C=C[C@H](OCC(=C)COCc1ccccc1)OC1CC(OCc2ccccc2)OCC1(OCc1ccccc1)OCc1ccccc1. The molecule has 0 bridgehead atoms. The van der Waals surface area contributed by atoms with Crippen LogP contribution >= 0.6 is 0 Å². The maximum absolute atomic E-state index is 6.61. The van der Waals surface area contributed by atoms with Gasteiger partial charge in [0.05, 0.1) is 39.6 Å². The van der Waals surface area contributed by atoms with E-state index in [-0.39, 0.29) is 13.2 Å². The highest BCUT2D eigenvalue weighted by Crippen LogP contribution is 2.35. The van der Waals surface area contributed by atoms with Crippen LogP contribution < -0.4 is 0 Å². The molecule has 0 saturated carbocycles. The van der Waals surface area contributed by atoms with Crippen LogP contribution in [0.2, 0.25) is 0 Å². The van der Waals surface area contributed by atoms with Gasteiger partial charge in [0.15, 0.2) is 12.6 Å². The van der Waals surface area contributed by atoms with E-state index in [2.05, 4.69) is 13.2 Å². The van der Waals surface area contributed by atoms with Gasteiger partial charge in [0, 0.05) is 6.42 Å². The van der Waals surface area contributed by atoms with Crippen molar-refractivity contribution in [2.45, 2.75) is 57.3 Å². The first-order chi connectivity index (χ1) is 23.1. The molecular weight excluding hydrogens is 592 g/mol. The maximum Gasteiger partial charge on any atom is 0.220 e. The van der Waals surface area contributed by atoms with Gasteiger partial charge in [-0.25, -0.2) is 0 Å². The van der Waals surface area contributed by atoms with Gasteiger partial charge in [-0.3, -0.25) is 0 Å². The average Bonchev–Trinajstić information content (AvgIpc) is 3.13. The Hall–Kier alpha value is -3.92. The highest BCUT2D eigenvalue weighted by atomic mass is 16.8. The lowest BCUT2D eigenvalue weighted by Crippen LogP contribution is -2.58. The molecular formula is C40H44O7. The predicted molar refractivity (Wildman–Crippen MR) is 181 cm³/mol. The van der Waals surface area contributed by atoms with Crippen molar-refractivity contribution in [2.75, 3.05) is 19.8 Å². The van der Waals surface area contributed by atoms with E-state index in [0.29, 0.717) is 39.5 Å². The number of benzene rings is 4. The minimum atomic E-state index is -1.27. The summed E-state index contributed by atoms with van der Waals surface area (Å²) >= 11 is 0. The van der Waals surface area contributed by atoms with E-state index in [1.807, 2.05) is 121 Å². The molecule has 0 N–H and O–H groups in total. The summed E-state index contributed by atoms with van der Waals surface area (Å²) in [7, 11) is 0. The third-order valence-electron chi connectivity index (χ3n) is 7.66. The Morgan fingerprint density at radius 3 is 1.70 bits per heavy atom. The zero-order valence-electron chi connectivity index (χ0n) is 26.8. The van der Waals surface area contributed by atoms with Crippen molar-refractivity contribution in [3.05, 3.63) is 168 Å². The largest absolute Gasteiger partial charge is 0.372 e. The van der Waals surface area contributed by atoms with E-state index >= 15 is 0 Å². The Kier molecular flexibility index (Phi) is 13.5. The first-order valence-electron chi connectivity index (χ1n) is 15.9. The summed E-state index contributed by atoms with van der Waals surface area (Å²) in [5.41, 5.74) is 4.92. The standard InChI is InChI=1S/C40H44O7/c1-3-38(42-26-32(2)25-41-27-33-16-8-4-9-17-33)47-37-24-39(43-28-34-18-10-5-11-19-34)44-31-40(37,45-29-35-20-12-6-13-21-35)46-30-36-22-14-7-15-23-36/h3-23,37-39H,1-2,24-31H2/t37?,38-,39?/m1/s1. The monoisotopic (exact) mass is 636 g/mol. The normalized spacial score (nSPS) is 18.0. The molecule has 7 heteroatoms. The molecule has 1 heterocycles. The Bertz CT molecular complexity index is 1420. The van der Waals surface area contributed by atoms with Crippen molar-refractivity contribution >= 4 is 0 Å². The van der Waals surface area contributed by atoms with Crippen molar-refractivity contribution < 1.29 is 33.2 Å². The zero-order valence-corrected chi connectivity index (χ0v) is 26.8. The van der Waals surface area contributed by atoms with E-state index in [4.69, 9.17) is 33.2 Å². The second-order valence-corrected chi connectivity index (χ2v) is 11.4. The molecule has 0 spiro atoms. The van der Waals surface area contributed by atoms with E-state index in [9.17, 15) is 0 Å². The van der Waals surface area contributed by atoms with Crippen molar-refractivity contribution in [2.24, 2.45) is 0 Å². The molecule has 1 saturated heterocycles. The predicted octanol–water partition coefficient (Wildman–Crippen LogP) is 7.77. The van der Waals surface area contributed by atoms with Gasteiger partial charge in [0.1, 0.15) is 12.7 Å². The maximum atomic E-state index is 6.61. The fraction of sp³-hybridized carbons (Fsp3) is 0.300. The van der Waals surface area contributed by atoms with Crippen LogP contribution in [0, 0.1) is 0 Å². The summed E-state index contributed by atoms with van der Waals surface area (Å²) in [5.74, 6) is -1.27. The lowest BCUT2D eigenvalue weighted by molar-refractivity contribution is -0.378. The number of hydrogen-bond donors (Lipinski definition) is 0. The van der Waals surface area contributed by atoms with Crippen LogP contribution in [0.1, 0.15) is 28.7 Å². The molecule has 5 rings (SSSR count). The smallest absolute Gasteiger partial charge is 0.220 e. The lowest BCUT2D eigenvalue weighted by atomic mass is 10.0. The fourth-order valence-corrected chi connectivity index (χ4v) is 5.09. The minimum absolute atomic E-state index is 0.0840. The van der Waals surface area contributed by atoms with Crippen LogP contribution in [-0.4, -0.2) is 44.3 Å². The van der Waals surface area contributed by atoms with Crippen molar-refractivity contribution in [3.63, 3.8) is 0 Å². The molecule has 1 fully saturated rings. The van der Waals surface area contributed by atoms with Gasteiger partial charge >= 0.3 is 0 Å². The fourth-order valence-electron chi connectivity index (χ4n) is 5.09. The quantitative estimate of drug-likeness (QED) is 0.0770. The van der Waals surface area contributed by atoms with Gasteiger partial charge in [0.2, 0.25) is 5.79 Å². The molecule has 0 aromatic heterocycles. The first kappa shape index (κ1) is 34.4. The summed E-state index contributed by atoms with van der Waals surface area (Å²) in [6, 6.07) is 39.9. The van der Waals surface area contributed by atoms with E-state index < -0.39 is 24.5 Å². The van der Waals surface area contributed by atoms with Gasteiger partial charge < -0.3 is 33.2 Å². The van der Waals surface area contributed by atoms with Gasteiger partial charge in [-0.15, -0.1) is 0 Å². The molecule has 0 aliphatic carbocycles. The van der Waals surface area contributed by atoms with Gasteiger partial charge in [-0.2, -0.15) is 0 Å². The van der Waals surface area contributed by atoms with Gasteiger partial charge in [-0.1, -0.05) is 134 Å². The zero-order chi connectivity index (χ0) is 32.6. The summed E-state index contributed by atoms with van der Waals surface area (Å²) in [6.45, 7) is 10.3. The van der Waals surface area contributed by atoms with Gasteiger partial charge in [-0.05, 0) is 33.9 Å². The van der Waals surface area contributed by atoms with Crippen molar-refractivity contribution in [1.29, 1.82) is 0 Å². The van der Waals surface area contributed by atoms with Crippen molar-refractivity contribution in [1.82, 2.24) is 0 Å². The number of ether oxygens (including phenoxy) is 7. The molecule has 4 aromatic rings. The molecule has 0 radical (unpaired) electrons. The molecule has 0 amide bonds. The summed E-state index contributed by atoms with van der Waals surface area (Å²) in [5, 5.41) is 0. The molecule has 3 atom stereocenters. The summed E-state index contributed by atoms with van der Waals surface area (Å²) in [6.07, 6.45) is -0.00717. The van der Waals surface area contributed by atoms with Crippen LogP contribution in [0.25, 0.3) is 0 Å². The molecule has 246 valence electrons. The average molecular weight is 637 g/mol. The molecule has 7 nitrogen and oxygen atoms in total. The Balaban J connectivity index is 1.28. The minimum Gasteiger partial charge on any atom is -0.372 e. The first-order valence-corrected chi connectivity index (χ1v) is 15.9. The van der Waals surface area contributed by atoms with Crippen LogP contribution in [0.15, 0.2) is 146 Å². The molecule has 1 aliphatic rings. The third kappa shape index (κ3) is 11.1. The van der Waals surface area contributed by atoms with Crippen LogP contribution in [-0.2, 0) is 59.6 Å². The van der Waals surface area contributed by atoms with Crippen molar-refractivity contribution in [3.8, 4) is 0 Å². The topological polar surface area (TPSA) is 64.6 Å². The summed E-state index contributed by atoms with van der Waals surface area (Å²) in [4.78, 5) is 0. The highest BCUT2D eigenvalue weighted by molar-refractivity contribution is 5.16. The van der Waals surface area contributed by atoms with Gasteiger partial charge in [0.25, 0.3) is 0 Å². The lowest BCUT2D eigenvalue weighted by Gasteiger charge is -2.45. The molecule has 2 unspecified atom stereocenters. The Labute approximate surface area is 278 Å². The molecule has 4 aromatic carbocycles. The Morgan fingerprint density at radius 2 is 1.19 bits per heavy atom. The third-order valence-corrected chi connectivity index (χ3v) is 7.66. The number of hydrogen-bond acceptors (Lipinski definition) is 7. The highest BCUT2D eigenvalue weighted by Gasteiger charge is 2.49. The van der Waals surface area contributed by atoms with Crippen LogP contribution in [0.4, 0.5) is 0 Å².